The van der Waals surface area contributed by atoms with Gasteiger partial charge in [0.1, 0.15) is 0 Å². The average molecular weight is 453 g/mol. The Morgan fingerprint density at radius 1 is 1.00 bits per heavy atom. The molecule has 2 rings (SSSR count). The van der Waals surface area contributed by atoms with E-state index in [2.05, 4.69) is 41.5 Å². The number of nitrogens with one attached hydrogen (secondary N) is 1. The van der Waals surface area contributed by atoms with Gasteiger partial charge in [0.2, 0.25) is 0 Å². The Hall–Kier alpha value is -1.60. The zero-order valence-electron chi connectivity index (χ0n) is 14.8. The second-order valence-electron chi connectivity index (χ2n) is 5.73. The molecule has 0 unspecified atom stereocenters. The van der Waals surface area contributed by atoms with Crippen LogP contribution in [0, 0.1) is 0 Å². The minimum Gasteiger partial charge on any atom is -0.372 e. The Bertz CT molecular complexity index is 632. The Morgan fingerprint density at radius 2 is 1.68 bits per heavy atom. The van der Waals surface area contributed by atoms with Gasteiger partial charge in [0, 0.05) is 6.54 Å². The summed E-state index contributed by atoms with van der Waals surface area (Å²) in [6, 6.07) is 18.4. The highest BCUT2D eigenvalue weighted by molar-refractivity contribution is 14.0. The van der Waals surface area contributed by atoms with Gasteiger partial charge in [-0.2, -0.15) is 0 Å². The van der Waals surface area contributed by atoms with Gasteiger partial charge >= 0.3 is 0 Å². The molecule has 0 saturated heterocycles. The predicted octanol–water partition coefficient (Wildman–Crippen LogP) is 4.23. The van der Waals surface area contributed by atoms with Gasteiger partial charge in [-0.15, -0.1) is 24.0 Å². The minimum atomic E-state index is 0. The van der Waals surface area contributed by atoms with Crippen LogP contribution in [0.4, 0.5) is 0 Å². The number of nitrogens with two attached hydrogens (primary N) is 1. The normalized spacial score (nSPS) is 11.0. The fourth-order valence-corrected chi connectivity index (χ4v) is 2.33. The zero-order chi connectivity index (χ0) is 17.0. The van der Waals surface area contributed by atoms with Gasteiger partial charge in [-0.3, -0.25) is 0 Å². The van der Waals surface area contributed by atoms with Gasteiger partial charge in [0.25, 0.3) is 0 Å². The second-order valence-corrected chi connectivity index (χ2v) is 5.73. The lowest BCUT2D eigenvalue weighted by Gasteiger charge is -2.10. The highest BCUT2D eigenvalue weighted by atomic mass is 127. The minimum absolute atomic E-state index is 0. The third-order valence-electron chi connectivity index (χ3n) is 3.74. The van der Waals surface area contributed by atoms with E-state index < -0.39 is 0 Å². The van der Waals surface area contributed by atoms with Crippen molar-refractivity contribution in [2.24, 2.45) is 10.7 Å². The van der Waals surface area contributed by atoms with Crippen LogP contribution >= 0.6 is 24.0 Å². The number of benzene rings is 2. The van der Waals surface area contributed by atoms with Gasteiger partial charge in [-0.25, -0.2) is 4.99 Å². The smallest absolute Gasteiger partial charge is 0.188 e. The number of aliphatic imine (C=N–C) groups is 1. The van der Waals surface area contributed by atoms with Gasteiger partial charge in [-0.1, -0.05) is 67.9 Å². The summed E-state index contributed by atoms with van der Waals surface area (Å²) in [5.74, 6) is 0.503. The molecule has 2 aromatic carbocycles. The van der Waals surface area contributed by atoms with Crippen LogP contribution in [0.5, 0.6) is 0 Å². The molecule has 0 atom stereocenters. The van der Waals surface area contributed by atoms with E-state index >= 15 is 0 Å². The standard InChI is InChI=1S/C20H27N3O.HI/c1-2-3-13-22-20(21)23-14-18-11-7-8-12-19(18)16-24-15-17-9-5-4-6-10-17;/h4-12H,2-3,13-16H2,1H3,(H3,21,22,23);1H. The van der Waals surface area contributed by atoms with Crippen molar-refractivity contribution < 1.29 is 4.74 Å². The lowest BCUT2D eigenvalue weighted by Crippen LogP contribution is -2.32. The molecule has 0 amide bonds. The van der Waals surface area contributed by atoms with E-state index in [0.717, 1.165) is 30.5 Å². The summed E-state index contributed by atoms with van der Waals surface area (Å²) in [7, 11) is 0. The molecule has 0 aliphatic rings. The second kappa shape index (κ2) is 12.7. The third kappa shape index (κ3) is 8.36. The average Bonchev–Trinajstić information content (AvgIpc) is 2.62. The van der Waals surface area contributed by atoms with Crippen molar-refractivity contribution in [3.63, 3.8) is 0 Å². The summed E-state index contributed by atoms with van der Waals surface area (Å²) < 4.78 is 5.84. The van der Waals surface area contributed by atoms with Crippen molar-refractivity contribution in [3.05, 3.63) is 71.3 Å². The Kier molecular flexibility index (Phi) is 10.9. The van der Waals surface area contributed by atoms with Crippen LogP contribution in [0.25, 0.3) is 0 Å². The summed E-state index contributed by atoms with van der Waals surface area (Å²) in [5.41, 5.74) is 9.37. The number of guanidine groups is 1. The number of halogens is 1. The molecule has 0 saturated carbocycles. The summed E-state index contributed by atoms with van der Waals surface area (Å²) in [6.07, 6.45) is 2.24. The largest absolute Gasteiger partial charge is 0.372 e. The highest BCUT2D eigenvalue weighted by Crippen LogP contribution is 2.12. The molecule has 0 aromatic heterocycles. The number of unbranched alkanes of at least 4 members (excludes halogenated alkanes) is 1. The first kappa shape index (κ1) is 21.4. The fourth-order valence-electron chi connectivity index (χ4n) is 2.33. The van der Waals surface area contributed by atoms with Crippen LogP contribution in [0.3, 0.4) is 0 Å². The van der Waals surface area contributed by atoms with Crippen LogP contribution in [-0.4, -0.2) is 12.5 Å². The van der Waals surface area contributed by atoms with E-state index in [9.17, 15) is 0 Å². The first-order valence-corrected chi connectivity index (χ1v) is 8.52. The maximum atomic E-state index is 5.90. The summed E-state index contributed by atoms with van der Waals surface area (Å²) >= 11 is 0. The topological polar surface area (TPSA) is 59.6 Å². The molecule has 4 nitrogen and oxygen atoms in total. The monoisotopic (exact) mass is 453 g/mol. The van der Waals surface area contributed by atoms with Crippen molar-refractivity contribution in [2.75, 3.05) is 6.54 Å². The quantitative estimate of drug-likeness (QED) is 0.259. The lowest BCUT2D eigenvalue weighted by molar-refractivity contribution is 0.106. The highest BCUT2D eigenvalue weighted by Gasteiger charge is 2.02. The summed E-state index contributed by atoms with van der Waals surface area (Å²) in [5, 5.41) is 3.13. The number of ether oxygens (including phenoxy) is 1. The molecular formula is C20H28IN3O. The number of nitrogens with zero attached hydrogens (tertiary/aromatic N) is 1. The van der Waals surface area contributed by atoms with Crippen LogP contribution in [0.1, 0.15) is 36.5 Å². The first-order valence-electron chi connectivity index (χ1n) is 8.52. The zero-order valence-corrected chi connectivity index (χ0v) is 17.1. The maximum absolute atomic E-state index is 5.90. The Balaban J connectivity index is 0.00000312. The first-order chi connectivity index (χ1) is 11.8. The molecule has 0 aliphatic heterocycles. The third-order valence-corrected chi connectivity index (χ3v) is 3.74. The molecular weight excluding hydrogens is 425 g/mol. The summed E-state index contributed by atoms with van der Waals surface area (Å²) in [4.78, 5) is 4.42. The maximum Gasteiger partial charge on any atom is 0.188 e. The van der Waals surface area contributed by atoms with Crippen molar-refractivity contribution in [1.82, 2.24) is 5.32 Å². The molecule has 25 heavy (non-hydrogen) atoms. The van der Waals surface area contributed by atoms with Crippen molar-refractivity contribution in [2.45, 2.75) is 39.5 Å². The van der Waals surface area contributed by atoms with Crippen molar-refractivity contribution in [1.29, 1.82) is 0 Å². The lowest BCUT2D eigenvalue weighted by atomic mass is 10.1. The van der Waals surface area contributed by atoms with E-state index in [1.807, 2.05) is 30.3 Å². The van der Waals surface area contributed by atoms with Crippen LogP contribution in [-0.2, 0) is 24.5 Å². The summed E-state index contributed by atoms with van der Waals surface area (Å²) in [6.45, 7) is 4.77. The molecule has 2 aromatic rings. The molecule has 3 N–H and O–H groups in total. The van der Waals surface area contributed by atoms with Crippen molar-refractivity contribution in [3.8, 4) is 0 Å². The number of hydrogen-bond donors (Lipinski definition) is 2. The molecule has 0 fully saturated rings. The fraction of sp³-hybridized carbons (Fsp3) is 0.350. The molecule has 0 aliphatic carbocycles. The SMILES string of the molecule is CCCCNC(N)=NCc1ccccc1COCc1ccccc1.I. The van der Waals surface area contributed by atoms with Gasteiger partial charge < -0.3 is 15.8 Å². The van der Waals surface area contributed by atoms with Crippen molar-refractivity contribution >= 4 is 29.9 Å². The van der Waals surface area contributed by atoms with Crippen LogP contribution in [0.15, 0.2) is 59.6 Å². The van der Waals surface area contributed by atoms with Crippen LogP contribution in [0.2, 0.25) is 0 Å². The molecule has 5 heteroatoms. The van der Waals surface area contributed by atoms with Crippen LogP contribution < -0.4 is 11.1 Å². The predicted molar refractivity (Wildman–Crippen MR) is 115 cm³/mol. The molecule has 0 spiro atoms. The van der Waals surface area contributed by atoms with E-state index in [0.29, 0.717) is 25.7 Å². The van der Waals surface area contributed by atoms with E-state index in [-0.39, 0.29) is 24.0 Å². The molecule has 0 radical (unpaired) electrons. The van der Waals surface area contributed by atoms with Gasteiger partial charge in [0.05, 0.1) is 19.8 Å². The van der Waals surface area contributed by atoms with E-state index in [1.165, 1.54) is 5.56 Å². The van der Waals surface area contributed by atoms with E-state index in [4.69, 9.17) is 10.5 Å². The Labute approximate surface area is 167 Å². The number of rotatable bonds is 9. The number of hydrogen-bond acceptors (Lipinski definition) is 2. The van der Waals surface area contributed by atoms with Gasteiger partial charge in [0.15, 0.2) is 5.96 Å². The van der Waals surface area contributed by atoms with E-state index in [1.54, 1.807) is 0 Å². The molecule has 0 heterocycles. The Morgan fingerprint density at radius 3 is 2.40 bits per heavy atom. The molecule has 136 valence electrons. The van der Waals surface area contributed by atoms with Gasteiger partial charge in [-0.05, 0) is 23.1 Å². The molecule has 0 bridgehead atoms.